The maximum atomic E-state index is 10.4. The quantitative estimate of drug-likeness (QED) is 0.0679. The van der Waals surface area contributed by atoms with Crippen molar-refractivity contribution < 1.29 is 43.9 Å². The molecule has 45 heavy (non-hydrogen) atoms. The minimum atomic E-state index is -1.21. The number of rotatable bonds is 8. The molecule has 1 heterocycles. The first kappa shape index (κ1) is 34.6. The summed E-state index contributed by atoms with van der Waals surface area (Å²) < 4.78 is 0.978. The third kappa shape index (κ3) is 7.26. The average Bonchev–Trinajstić information content (AvgIpc) is 3.34. The SMILES string of the molecule is CC[N+]1(CC)c2cc(N)c(/C=C/c3ccccc3)cc2CC1c1ccccc1.O=[N+]([O-])c1cc([N+](=O)[O-])c(O)c([N+](=O)[O-])c1.[I-]. The molecule has 1 aliphatic rings. The van der Waals surface area contributed by atoms with Crippen LogP contribution in [0.2, 0.25) is 0 Å². The summed E-state index contributed by atoms with van der Waals surface area (Å²) in [5.74, 6) is -1.21. The van der Waals surface area contributed by atoms with E-state index in [0.717, 1.165) is 35.2 Å². The van der Waals surface area contributed by atoms with E-state index in [1.54, 1.807) is 0 Å². The molecule has 0 amide bonds. The number of halogens is 1. The van der Waals surface area contributed by atoms with Crippen LogP contribution in [0.5, 0.6) is 5.75 Å². The number of phenolic OH excluding ortho intramolecular Hbond substituents is 1. The van der Waals surface area contributed by atoms with Gasteiger partial charge < -0.3 is 34.8 Å². The van der Waals surface area contributed by atoms with Crippen molar-refractivity contribution in [2.75, 3.05) is 18.8 Å². The molecule has 1 unspecified atom stereocenters. The number of nitrogens with zero attached hydrogens (tertiary/aromatic N) is 4. The molecule has 4 aromatic rings. The van der Waals surface area contributed by atoms with E-state index in [4.69, 9.17) is 10.8 Å². The van der Waals surface area contributed by atoms with Gasteiger partial charge in [-0.25, -0.2) is 0 Å². The van der Waals surface area contributed by atoms with Gasteiger partial charge in [-0.15, -0.1) is 0 Å². The lowest BCUT2D eigenvalue weighted by Crippen LogP contribution is -3.00. The first-order valence-corrected chi connectivity index (χ1v) is 13.9. The molecular weight excluding hydrogens is 693 g/mol. The van der Waals surface area contributed by atoms with Gasteiger partial charge in [-0.3, -0.25) is 34.8 Å². The Morgan fingerprint density at radius 1 is 0.822 bits per heavy atom. The fourth-order valence-electron chi connectivity index (χ4n) is 5.75. The lowest BCUT2D eigenvalue weighted by atomic mass is 10.00. The van der Waals surface area contributed by atoms with Gasteiger partial charge in [0.05, 0.1) is 40.0 Å². The van der Waals surface area contributed by atoms with Crippen LogP contribution >= 0.6 is 0 Å². The Labute approximate surface area is 276 Å². The van der Waals surface area contributed by atoms with E-state index in [9.17, 15) is 30.3 Å². The van der Waals surface area contributed by atoms with Gasteiger partial charge in [-0.05, 0) is 31.0 Å². The molecule has 0 radical (unpaired) electrons. The van der Waals surface area contributed by atoms with Gasteiger partial charge in [-0.1, -0.05) is 72.8 Å². The normalized spacial score (nSPS) is 14.5. The molecule has 0 fully saturated rings. The minimum absolute atomic E-state index is 0. The lowest BCUT2D eigenvalue weighted by Gasteiger charge is -2.39. The first-order valence-electron chi connectivity index (χ1n) is 13.9. The van der Waals surface area contributed by atoms with E-state index in [0.29, 0.717) is 18.2 Å². The summed E-state index contributed by atoms with van der Waals surface area (Å²) in [6.45, 7) is 6.74. The maximum absolute atomic E-state index is 10.4. The summed E-state index contributed by atoms with van der Waals surface area (Å²) >= 11 is 0. The smallest absolute Gasteiger partial charge is 0.324 e. The van der Waals surface area contributed by atoms with Crippen molar-refractivity contribution >= 4 is 40.6 Å². The highest BCUT2D eigenvalue weighted by molar-refractivity contribution is 5.79. The zero-order chi connectivity index (χ0) is 32.0. The number of anilines is 1. The van der Waals surface area contributed by atoms with Crippen molar-refractivity contribution in [2.24, 2.45) is 0 Å². The van der Waals surface area contributed by atoms with Crippen molar-refractivity contribution in [3.8, 4) is 5.75 Å². The molecule has 5 rings (SSSR count). The van der Waals surface area contributed by atoms with Crippen molar-refractivity contribution in [3.05, 3.63) is 138 Å². The van der Waals surface area contributed by atoms with Gasteiger partial charge >= 0.3 is 11.4 Å². The van der Waals surface area contributed by atoms with Gasteiger partial charge in [0.15, 0.2) is 0 Å². The Hall–Kier alpha value is -4.89. The minimum Gasteiger partial charge on any atom is -1.00 e. The number of nitro groups is 3. The van der Waals surface area contributed by atoms with E-state index >= 15 is 0 Å². The number of quaternary nitrogens is 1. The second-order valence-electron chi connectivity index (χ2n) is 10.3. The fourth-order valence-corrected chi connectivity index (χ4v) is 5.75. The molecular formula is C32H32IN5O7. The topological polar surface area (TPSA) is 176 Å². The van der Waals surface area contributed by atoms with Crippen molar-refractivity contribution in [2.45, 2.75) is 26.3 Å². The fraction of sp³-hybridized carbons (Fsp3) is 0.188. The number of phenols is 1. The Bertz CT molecular complexity index is 1690. The van der Waals surface area contributed by atoms with Crippen LogP contribution in [0.15, 0.2) is 84.9 Å². The molecule has 0 saturated carbocycles. The number of aromatic hydroxyl groups is 1. The molecule has 0 aliphatic carbocycles. The highest BCUT2D eigenvalue weighted by Crippen LogP contribution is 2.48. The van der Waals surface area contributed by atoms with Gasteiger partial charge in [0.2, 0.25) is 0 Å². The van der Waals surface area contributed by atoms with Gasteiger partial charge in [0.25, 0.3) is 11.4 Å². The van der Waals surface area contributed by atoms with Crippen LogP contribution in [0.1, 0.15) is 42.1 Å². The third-order valence-corrected chi connectivity index (χ3v) is 8.00. The first-order chi connectivity index (χ1) is 21.0. The van der Waals surface area contributed by atoms with Crippen LogP contribution in [0.25, 0.3) is 12.2 Å². The summed E-state index contributed by atoms with van der Waals surface area (Å²) in [5.41, 5.74) is 10.9. The second-order valence-corrected chi connectivity index (χ2v) is 10.3. The summed E-state index contributed by atoms with van der Waals surface area (Å²) in [4.78, 5) is 27.8. The second kappa shape index (κ2) is 14.7. The summed E-state index contributed by atoms with van der Waals surface area (Å²) in [7, 11) is 0. The molecule has 13 heteroatoms. The standard InChI is InChI=1S/C26H29N2.C6H3N3O7.HI/c1-3-28(4-2)25(21-13-9-6-10-14-21)18-23-17-22(24(27)19-26(23)28)16-15-20-11-7-5-8-12-20;10-6-4(8(13)14)1-3(7(11)12)2-5(6)9(15)16;/h5-17,19,25H,3-4,18,27H2,1-2H3;1-2,10H;1H/q+1;;/p-1/b16-15+;;. The van der Waals surface area contributed by atoms with E-state index in [2.05, 4.69) is 92.7 Å². The number of likely N-dealkylation sites (N-methyl/N-ethyl adjacent to an activating group) is 1. The molecule has 0 spiro atoms. The summed E-state index contributed by atoms with van der Waals surface area (Å²) in [6.07, 6.45) is 5.35. The third-order valence-electron chi connectivity index (χ3n) is 8.00. The molecule has 234 valence electrons. The molecule has 0 aromatic heterocycles. The number of benzene rings is 4. The lowest BCUT2D eigenvalue weighted by molar-refractivity contribution is -0.404. The molecule has 0 bridgehead atoms. The summed E-state index contributed by atoms with van der Waals surface area (Å²) in [6, 6.07) is 27.2. The molecule has 3 N–H and O–H groups in total. The van der Waals surface area contributed by atoms with E-state index < -0.39 is 37.6 Å². The Balaban J connectivity index is 0.000000279. The molecule has 0 saturated heterocycles. The Morgan fingerprint density at radius 3 is 1.84 bits per heavy atom. The number of nitro benzene ring substituents is 3. The van der Waals surface area contributed by atoms with Crippen molar-refractivity contribution in [3.63, 3.8) is 0 Å². The predicted molar refractivity (Wildman–Crippen MR) is 170 cm³/mol. The number of hydrogen-bond acceptors (Lipinski definition) is 8. The molecule has 1 atom stereocenters. The monoisotopic (exact) mass is 725 g/mol. The molecule has 12 nitrogen and oxygen atoms in total. The molecule has 4 aromatic carbocycles. The summed E-state index contributed by atoms with van der Waals surface area (Å²) in [5, 5.41) is 40.2. The van der Waals surface area contributed by atoms with Crippen LogP contribution in [0.3, 0.4) is 0 Å². The zero-order valence-electron chi connectivity index (χ0n) is 24.6. The van der Waals surface area contributed by atoms with Crippen LogP contribution in [-0.4, -0.2) is 33.0 Å². The number of fused-ring (bicyclic) bond motifs is 1. The highest BCUT2D eigenvalue weighted by atomic mass is 127. The van der Waals surface area contributed by atoms with Gasteiger partial charge in [0, 0.05) is 29.3 Å². The molecule has 1 aliphatic heterocycles. The highest BCUT2D eigenvalue weighted by Gasteiger charge is 2.45. The van der Waals surface area contributed by atoms with Gasteiger partial charge in [0.1, 0.15) is 11.7 Å². The zero-order valence-corrected chi connectivity index (χ0v) is 26.7. The van der Waals surface area contributed by atoms with Gasteiger partial charge in [-0.2, -0.15) is 0 Å². The number of hydrogen-bond donors (Lipinski definition) is 2. The van der Waals surface area contributed by atoms with Crippen LogP contribution in [0, 0.1) is 30.3 Å². The predicted octanol–water partition coefficient (Wildman–Crippen LogP) is 4.20. The van der Waals surface area contributed by atoms with E-state index in [1.165, 1.54) is 22.4 Å². The maximum Gasteiger partial charge on any atom is 0.324 e. The number of nitrogen functional groups attached to an aromatic ring is 1. The average molecular weight is 726 g/mol. The van der Waals surface area contributed by atoms with E-state index in [-0.39, 0.29) is 24.0 Å². The Kier molecular flexibility index (Phi) is 11.3. The Morgan fingerprint density at radius 2 is 1.36 bits per heavy atom. The van der Waals surface area contributed by atoms with Crippen molar-refractivity contribution in [1.82, 2.24) is 4.48 Å². The number of nitrogens with two attached hydrogens (primary N) is 1. The van der Waals surface area contributed by atoms with Crippen LogP contribution < -0.4 is 34.2 Å². The van der Waals surface area contributed by atoms with E-state index in [1.807, 2.05) is 6.07 Å². The van der Waals surface area contributed by atoms with Crippen LogP contribution in [-0.2, 0) is 6.42 Å². The largest absolute Gasteiger partial charge is 1.00 e. The number of non-ortho nitro benzene ring substituents is 1. The van der Waals surface area contributed by atoms with Crippen LogP contribution in [0.4, 0.5) is 28.4 Å². The van der Waals surface area contributed by atoms with Crippen molar-refractivity contribution in [1.29, 1.82) is 0 Å².